The van der Waals surface area contributed by atoms with Crippen molar-refractivity contribution in [2.75, 3.05) is 0 Å². The standard InChI is InChI=1S/C16H14.C3H6/c1-10-4-7-13-8-5-11(2)15-12(3)6-9-14(10)16(13)15;1-3-2/h4-9H,3H2,1-2H3;3H,1H2,2H3. The topological polar surface area (TPSA) is 0 Å². The molecule has 0 atom stereocenters. The Morgan fingerprint density at radius 3 is 2.05 bits per heavy atom. The van der Waals surface area contributed by atoms with Crippen LogP contribution in [0.25, 0.3) is 28.1 Å². The lowest BCUT2D eigenvalue weighted by Gasteiger charge is -2.10. The molecule has 19 heavy (non-hydrogen) atoms. The van der Waals surface area contributed by atoms with Crippen LogP contribution in [-0.4, -0.2) is 0 Å². The fraction of sp³-hybridized carbons (Fsp3) is 0.158. The number of rotatable bonds is 0. The minimum Gasteiger partial charge on any atom is -0.103 e. The van der Waals surface area contributed by atoms with Gasteiger partial charge in [-0.1, -0.05) is 49.1 Å². The molecule has 0 N–H and O–H groups in total. The predicted molar refractivity (Wildman–Crippen MR) is 87.5 cm³/mol. The Bertz CT molecular complexity index is 773. The van der Waals surface area contributed by atoms with Crippen molar-refractivity contribution in [3.63, 3.8) is 0 Å². The fourth-order valence-corrected chi connectivity index (χ4v) is 2.55. The van der Waals surface area contributed by atoms with Crippen molar-refractivity contribution in [3.05, 3.63) is 65.4 Å². The van der Waals surface area contributed by atoms with Crippen molar-refractivity contribution >= 4 is 28.1 Å². The van der Waals surface area contributed by atoms with Crippen molar-refractivity contribution in [2.24, 2.45) is 0 Å². The Hall–Kier alpha value is -2.08. The molecule has 0 unspecified atom stereocenters. The molecule has 96 valence electrons. The molecule has 0 saturated heterocycles. The summed E-state index contributed by atoms with van der Waals surface area (Å²) < 4.78 is 0. The molecule has 0 nitrogen and oxygen atoms in total. The average molecular weight is 248 g/mol. The van der Waals surface area contributed by atoms with Crippen LogP contribution in [0.1, 0.15) is 18.1 Å². The molecular formula is C19H20. The van der Waals surface area contributed by atoms with Crippen LogP contribution in [0.3, 0.4) is 0 Å². The number of hydrogen-bond donors (Lipinski definition) is 0. The molecule has 0 spiro atoms. The second kappa shape index (κ2) is 5.27. The van der Waals surface area contributed by atoms with Crippen molar-refractivity contribution < 1.29 is 0 Å². The zero-order chi connectivity index (χ0) is 14.0. The van der Waals surface area contributed by atoms with E-state index in [1.165, 1.54) is 32.7 Å². The van der Waals surface area contributed by atoms with Gasteiger partial charge in [0.15, 0.2) is 0 Å². The molecule has 0 fully saturated rings. The van der Waals surface area contributed by atoms with Gasteiger partial charge in [-0.2, -0.15) is 0 Å². The number of aryl methyl sites for hydroxylation is 2. The minimum absolute atomic E-state index is 1.13. The minimum atomic E-state index is 1.13. The van der Waals surface area contributed by atoms with E-state index in [0.29, 0.717) is 0 Å². The highest BCUT2D eigenvalue weighted by Gasteiger charge is 2.06. The first-order valence-electron chi connectivity index (χ1n) is 6.57. The van der Waals surface area contributed by atoms with Crippen molar-refractivity contribution in [1.29, 1.82) is 0 Å². The molecule has 0 saturated carbocycles. The molecule has 0 heteroatoms. The van der Waals surface area contributed by atoms with Gasteiger partial charge < -0.3 is 0 Å². The van der Waals surface area contributed by atoms with E-state index in [9.17, 15) is 0 Å². The monoisotopic (exact) mass is 248 g/mol. The van der Waals surface area contributed by atoms with E-state index in [1.54, 1.807) is 6.08 Å². The zero-order valence-electron chi connectivity index (χ0n) is 12.0. The van der Waals surface area contributed by atoms with E-state index in [4.69, 9.17) is 0 Å². The normalized spacial score (nSPS) is 10.3. The van der Waals surface area contributed by atoms with Crippen molar-refractivity contribution in [3.8, 4) is 0 Å². The lowest BCUT2D eigenvalue weighted by Crippen LogP contribution is -2.01. The van der Waals surface area contributed by atoms with Gasteiger partial charge in [0.25, 0.3) is 0 Å². The van der Waals surface area contributed by atoms with Crippen LogP contribution in [0, 0.1) is 13.8 Å². The molecule has 3 aromatic rings. The van der Waals surface area contributed by atoms with Crippen LogP contribution in [0.15, 0.2) is 49.1 Å². The third-order valence-electron chi connectivity index (χ3n) is 3.43. The maximum absolute atomic E-state index is 4.14. The molecule has 0 aliphatic heterocycles. The van der Waals surface area contributed by atoms with Gasteiger partial charge in [-0.25, -0.2) is 0 Å². The van der Waals surface area contributed by atoms with Gasteiger partial charge in [-0.05, 0) is 58.7 Å². The van der Waals surface area contributed by atoms with Gasteiger partial charge in [0.1, 0.15) is 0 Å². The highest BCUT2D eigenvalue weighted by molar-refractivity contribution is 6.12. The van der Waals surface area contributed by atoms with Crippen LogP contribution in [0.5, 0.6) is 0 Å². The molecule has 0 aliphatic rings. The van der Waals surface area contributed by atoms with Gasteiger partial charge in [-0.3, -0.25) is 0 Å². The lowest BCUT2D eigenvalue weighted by atomic mass is 9.94. The van der Waals surface area contributed by atoms with E-state index in [0.717, 1.165) is 5.22 Å². The van der Waals surface area contributed by atoms with E-state index >= 15 is 0 Å². The largest absolute Gasteiger partial charge is 0.103 e. The Morgan fingerprint density at radius 2 is 1.42 bits per heavy atom. The first-order chi connectivity index (χ1) is 9.10. The summed E-state index contributed by atoms with van der Waals surface area (Å²) >= 11 is 0. The summed E-state index contributed by atoms with van der Waals surface area (Å²) in [5, 5.41) is 6.47. The number of hydrogen-bond acceptors (Lipinski definition) is 0. The smallest absolute Gasteiger partial charge is 0.00277 e. The summed E-state index contributed by atoms with van der Waals surface area (Å²) in [7, 11) is 0. The number of allylic oxidation sites excluding steroid dienone is 1. The average Bonchev–Trinajstić information content (AvgIpc) is 2.38. The molecule has 0 radical (unpaired) electrons. The van der Waals surface area contributed by atoms with Crippen LogP contribution in [0.4, 0.5) is 0 Å². The predicted octanol–water partition coefficient (Wildman–Crippen LogP) is 4.93. The Balaban J connectivity index is 0.000000408. The lowest BCUT2D eigenvalue weighted by molar-refractivity contribution is 1.50. The SMILES string of the molecule is C=CC.C=c1ccc2c(C)ccc3ccc(C)c1c32. The summed E-state index contributed by atoms with van der Waals surface area (Å²) in [6.45, 7) is 13.7. The zero-order valence-corrected chi connectivity index (χ0v) is 12.0. The van der Waals surface area contributed by atoms with E-state index in [-0.39, 0.29) is 0 Å². The number of benzene rings is 3. The molecule has 0 aromatic heterocycles. The van der Waals surface area contributed by atoms with E-state index in [2.05, 4.69) is 63.4 Å². The molecule has 3 rings (SSSR count). The molecule has 0 bridgehead atoms. The van der Waals surface area contributed by atoms with Crippen LogP contribution >= 0.6 is 0 Å². The van der Waals surface area contributed by atoms with Gasteiger partial charge in [-0.15, -0.1) is 6.58 Å². The van der Waals surface area contributed by atoms with E-state index in [1.807, 2.05) is 6.92 Å². The second-order valence-electron chi connectivity index (χ2n) is 4.92. The summed E-state index contributed by atoms with van der Waals surface area (Å²) in [4.78, 5) is 0. The quantitative estimate of drug-likeness (QED) is 0.495. The molecule has 0 heterocycles. The third kappa shape index (κ3) is 2.26. The highest BCUT2D eigenvalue weighted by atomic mass is 14.1. The second-order valence-corrected chi connectivity index (χ2v) is 4.92. The Labute approximate surface area is 115 Å². The molecule has 0 amide bonds. The molecule has 3 aromatic carbocycles. The summed E-state index contributed by atoms with van der Waals surface area (Å²) in [5.41, 5.74) is 2.65. The maximum atomic E-state index is 4.14. The molecular weight excluding hydrogens is 228 g/mol. The van der Waals surface area contributed by atoms with Crippen molar-refractivity contribution in [2.45, 2.75) is 20.8 Å². The van der Waals surface area contributed by atoms with Gasteiger partial charge >= 0.3 is 0 Å². The van der Waals surface area contributed by atoms with Crippen LogP contribution in [0.2, 0.25) is 0 Å². The van der Waals surface area contributed by atoms with Crippen molar-refractivity contribution in [1.82, 2.24) is 0 Å². The van der Waals surface area contributed by atoms with Gasteiger partial charge in [0.2, 0.25) is 0 Å². The maximum Gasteiger partial charge on any atom is -0.00277 e. The summed E-state index contributed by atoms with van der Waals surface area (Å²) in [6.07, 6.45) is 1.75. The van der Waals surface area contributed by atoms with Crippen LogP contribution in [-0.2, 0) is 0 Å². The van der Waals surface area contributed by atoms with Gasteiger partial charge in [0, 0.05) is 0 Å². The van der Waals surface area contributed by atoms with E-state index < -0.39 is 0 Å². The highest BCUT2D eigenvalue weighted by Crippen LogP contribution is 2.28. The summed E-state index contributed by atoms with van der Waals surface area (Å²) in [6, 6.07) is 13.1. The Morgan fingerprint density at radius 1 is 0.842 bits per heavy atom. The van der Waals surface area contributed by atoms with Gasteiger partial charge in [0.05, 0.1) is 0 Å². The first-order valence-corrected chi connectivity index (χ1v) is 6.57. The first kappa shape index (κ1) is 13.4. The fourth-order valence-electron chi connectivity index (χ4n) is 2.55. The third-order valence-corrected chi connectivity index (χ3v) is 3.43. The Kier molecular flexibility index (Phi) is 3.71. The van der Waals surface area contributed by atoms with Crippen LogP contribution < -0.4 is 5.22 Å². The summed E-state index contributed by atoms with van der Waals surface area (Å²) in [5.74, 6) is 0. The molecule has 0 aliphatic carbocycles.